The Bertz CT molecular complexity index is 748. The van der Waals surface area contributed by atoms with Crippen molar-refractivity contribution in [2.45, 2.75) is 142 Å². The number of hydrogen-bond acceptors (Lipinski definition) is 6. The molecule has 0 aromatic rings. The standard InChI is InChI=1S/C36H64O6/c1-4-34(20-37-21-34)26-40-30-15-16-31(41-27-35(5-2)22-38-23-35)19-33(42-28-36(6-3)24-39-25-36)32(18-17-30)29-13-11-9-7-8-10-12-14-29/h29-33H,4-28H2,1-3H3. The molecule has 4 unspecified atom stereocenters. The van der Waals surface area contributed by atoms with Gasteiger partial charge in [-0.2, -0.15) is 0 Å². The predicted molar refractivity (Wildman–Crippen MR) is 167 cm³/mol. The van der Waals surface area contributed by atoms with Gasteiger partial charge in [0.1, 0.15) is 0 Å². The highest BCUT2D eigenvalue weighted by Crippen LogP contribution is 2.41. The Kier molecular flexibility index (Phi) is 12.5. The van der Waals surface area contributed by atoms with Gasteiger partial charge in [-0.15, -0.1) is 0 Å². The molecule has 4 atom stereocenters. The van der Waals surface area contributed by atoms with Gasteiger partial charge in [-0.3, -0.25) is 0 Å². The van der Waals surface area contributed by atoms with E-state index in [0.29, 0.717) is 12.0 Å². The lowest BCUT2D eigenvalue weighted by atomic mass is 9.76. The maximum atomic E-state index is 7.12. The van der Waals surface area contributed by atoms with Crippen LogP contribution in [0.25, 0.3) is 0 Å². The molecule has 2 saturated carbocycles. The highest BCUT2D eigenvalue weighted by atomic mass is 16.5. The lowest BCUT2D eigenvalue weighted by Gasteiger charge is -2.44. The summed E-state index contributed by atoms with van der Waals surface area (Å²) in [5.41, 5.74) is 0.640. The van der Waals surface area contributed by atoms with Crippen LogP contribution in [0.1, 0.15) is 124 Å². The van der Waals surface area contributed by atoms with Crippen molar-refractivity contribution in [2.75, 3.05) is 59.5 Å². The fourth-order valence-electron chi connectivity index (χ4n) is 7.99. The molecule has 5 aliphatic rings. The van der Waals surface area contributed by atoms with Crippen molar-refractivity contribution in [1.82, 2.24) is 0 Å². The molecular weight excluding hydrogens is 528 g/mol. The highest BCUT2D eigenvalue weighted by molar-refractivity contribution is 4.90. The summed E-state index contributed by atoms with van der Waals surface area (Å²) >= 11 is 0. The van der Waals surface area contributed by atoms with Crippen molar-refractivity contribution >= 4 is 0 Å². The van der Waals surface area contributed by atoms with E-state index in [1.54, 1.807) is 0 Å². The molecule has 0 bridgehead atoms. The zero-order valence-electron chi connectivity index (χ0n) is 27.5. The summed E-state index contributed by atoms with van der Waals surface area (Å²) in [4.78, 5) is 0. The summed E-state index contributed by atoms with van der Waals surface area (Å²) in [5, 5.41) is 0. The van der Waals surface area contributed by atoms with Gasteiger partial charge in [-0.25, -0.2) is 0 Å². The van der Waals surface area contributed by atoms with Gasteiger partial charge in [0.25, 0.3) is 0 Å². The Morgan fingerprint density at radius 3 is 1.40 bits per heavy atom. The summed E-state index contributed by atoms with van der Waals surface area (Å²) in [6, 6.07) is 0. The molecule has 6 nitrogen and oxygen atoms in total. The second-order valence-corrected chi connectivity index (χ2v) is 15.3. The molecule has 0 aromatic heterocycles. The average Bonchev–Trinajstić information content (AvgIpc) is 3.12. The first-order valence-electron chi connectivity index (χ1n) is 18.1. The molecule has 3 heterocycles. The normalized spacial score (nSPS) is 33.8. The fourth-order valence-corrected chi connectivity index (χ4v) is 7.99. The molecule has 0 spiro atoms. The molecule has 0 aromatic carbocycles. The van der Waals surface area contributed by atoms with Crippen LogP contribution in [-0.2, 0) is 28.4 Å². The van der Waals surface area contributed by atoms with Crippen LogP contribution in [0.15, 0.2) is 0 Å². The molecule has 3 aliphatic heterocycles. The Morgan fingerprint density at radius 1 is 0.500 bits per heavy atom. The molecule has 3 saturated heterocycles. The summed E-state index contributed by atoms with van der Waals surface area (Å²) in [7, 11) is 0. The fraction of sp³-hybridized carbons (Fsp3) is 1.00. The molecule has 0 radical (unpaired) electrons. The minimum absolute atomic E-state index is 0.204. The van der Waals surface area contributed by atoms with Crippen LogP contribution in [-0.4, -0.2) is 77.8 Å². The molecule has 42 heavy (non-hydrogen) atoms. The Morgan fingerprint density at radius 2 is 0.929 bits per heavy atom. The van der Waals surface area contributed by atoms with Gasteiger partial charge in [-0.05, 0) is 56.8 Å². The van der Waals surface area contributed by atoms with E-state index >= 15 is 0 Å². The summed E-state index contributed by atoms with van der Waals surface area (Å²) in [6.45, 7) is 14.4. The molecule has 0 amide bonds. The Labute approximate surface area is 257 Å². The van der Waals surface area contributed by atoms with Crippen LogP contribution in [0.5, 0.6) is 0 Å². The summed E-state index contributed by atoms with van der Waals surface area (Å²) in [6.07, 6.45) is 20.7. The zero-order chi connectivity index (χ0) is 29.3. The first-order chi connectivity index (χ1) is 20.5. The van der Waals surface area contributed by atoms with Crippen molar-refractivity contribution in [1.29, 1.82) is 0 Å². The minimum Gasteiger partial charge on any atom is -0.380 e. The van der Waals surface area contributed by atoms with Gasteiger partial charge in [0.2, 0.25) is 0 Å². The summed E-state index contributed by atoms with van der Waals surface area (Å²) < 4.78 is 37.8. The maximum Gasteiger partial charge on any atom is 0.0630 e. The van der Waals surface area contributed by atoms with Crippen molar-refractivity contribution < 1.29 is 28.4 Å². The third-order valence-corrected chi connectivity index (χ3v) is 12.2. The van der Waals surface area contributed by atoms with Gasteiger partial charge in [0.05, 0.1) is 77.8 Å². The first kappa shape index (κ1) is 33.1. The van der Waals surface area contributed by atoms with E-state index in [4.69, 9.17) is 28.4 Å². The Balaban J connectivity index is 1.34. The molecule has 0 N–H and O–H groups in total. The van der Waals surface area contributed by atoms with Gasteiger partial charge < -0.3 is 28.4 Å². The van der Waals surface area contributed by atoms with E-state index in [1.165, 1.54) is 57.8 Å². The molecular formula is C36H64O6. The topological polar surface area (TPSA) is 55.4 Å². The van der Waals surface area contributed by atoms with Crippen molar-refractivity contribution in [3.63, 3.8) is 0 Å². The number of hydrogen-bond donors (Lipinski definition) is 0. The van der Waals surface area contributed by atoms with Crippen LogP contribution in [0.2, 0.25) is 0 Å². The zero-order valence-corrected chi connectivity index (χ0v) is 27.5. The molecule has 6 heteroatoms. The van der Waals surface area contributed by atoms with Crippen LogP contribution < -0.4 is 0 Å². The van der Waals surface area contributed by atoms with Crippen LogP contribution in [0.4, 0.5) is 0 Å². The molecule has 244 valence electrons. The second-order valence-electron chi connectivity index (χ2n) is 15.3. The van der Waals surface area contributed by atoms with E-state index in [-0.39, 0.29) is 28.5 Å². The smallest absolute Gasteiger partial charge is 0.0630 e. The lowest BCUT2D eigenvalue weighted by Crippen LogP contribution is -2.48. The van der Waals surface area contributed by atoms with Crippen molar-refractivity contribution in [2.24, 2.45) is 28.1 Å². The second kappa shape index (κ2) is 15.9. The number of ether oxygens (including phenoxy) is 6. The van der Waals surface area contributed by atoms with Crippen molar-refractivity contribution in [3.8, 4) is 0 Å². The number of rotatable bonds is 13. The van der Waals surface area contributed by atoms with Gasteiger partial charge >= 0.3 is 0 Å². The SMILES string of the molecule is CCC1(COC2CCC(OCC3(CC)COC3)CC(OCC3(CC)COC3)C(C3CCCCCCCC3)CC2)COC1. The van der Waals surface area contributed by atoms with Crippen LogP contribution in [0.3, 0.4) is 0 Å². The third-order valence-electron chi connectivity index (χ3n) is 12.2. The van der Waals surface area contributed by atoms with E-state index in [2.05, 4.69) is 20.8 Å². The van der Waals surface area contributed by atoms with Crippen molar-refractivity contribution in [3.05, 3.63) is 0 Å². The van der Waals surface area contributed by atoms with Gasteiger partial charge in [-0.1, -0.05) is 72.1 Å². The predicted octanol–water partition coefficient (Wildman–Crippen LogP) is 7.75. The van der Waals surface area contributed by atoms with Crippen LogP contribution in [0, 0.1) is 28.1 Å². The Hall–Kier alpha value is -0.240. The van der Waals surface area contributed by atoms with E-state index in [1.807, 2.05) is 0 Å². The monoisotopic (exact) mass is 592 g/mol. The largest absolute Gasteiger partial charge is 0.380 e. The summed E-state index contributed by atoms with van der Waals surface area (Å²) in [5.74, 6) is 1.32. The van der Waals surface area contributed by atoms with E-state index in [0.717, 1.165) is 110 Å². The van der Waals surface area contributed by atoms with Crippen LogP contribution >= 0.6 is 0 Å². The lowest BCUT2D eigenvalue weighted by molar-refractivity contribution is -0.182. The minimum atomic E-state index is 0.204. The third kappa shape index (κ3) is 8.51. The highest BCUT2D eigenvalue weighted by Gasteiger charge is 2.43. The molecule has 2 aliphatic carbocycles. The molecule has 5 fully saturated rings. The first-order valence-corrected chi connectivity index (χ1v) is 18.1. The molecule has 5 rings (SSSR count). The van der Waals surface area contributed by atoms with E-state index in [9.17, 15) is 0 Å². The van der Waals surface area contributed by atoms with E-state index < -0.39 is 0 Å². The van der Waals surface area contributed by atoms with Gasteiger partial charge in [0.15, 0.2) is 0 Å². The van der Waals surface area contributed by atoms with Gasteiger partial charge in [0, 0.05) is 22.7 Å². The average molecular weight is 593 g/mol. The maximum absolute atomic E-state index is 7.12. The quantitative estimate of drug-likeness (QED) is 0.218.